The first-order chi connectivity index (χ1) is 17.2. The quantitative estimate of drug-likeness (QED) is 0.410. The normalized spacial score (nSPS) is 11.1. The zero-order chi connectivity index (χ0) is 23.8. The van der Waals surface area contributed by atoms with Gasteiger partial charge < -0.3 is 9.84 Å². The number of nitrogens with zero attached hydrogens (tertiary/aromatic N) is 8. The van der Waals surface area contributed by atoms with Gasteiger partial charge in [-0.1, -0.05) is 40.7 Å². The Morgan fingerprint density at radius 2 is 1.74 bits per heavy atom. The number of nitrogens with one attached hydrogen (secondary N) is 1. The Bertz CT molecular complexity index is 1640. The Labute approximate surface area is 198 Å². The molecule has 0 aliphatic carbocycles. The molecule has 0 bridgehead atoms. The first kappa shape index (κ1) is 20.4. The molecular formula is C24H17N9O2. The number of amides is 1. The molecule has 0 aliphatic rings. The molecule has 3 aromatic heterocycles. The molecule has 3 heterocycles. The third kappa shape index (κ3) is 3.70. The van der Waals surface area contributed by atoms with E-state index in [-0.39, 0.29) is 11.6 Å². The number of carbonyl (C=O) groups is 1. The standard InChI is InChI=1S/C24H17N9O2/c1-15-22(24(34)26-17-7-9-18(10-8-17)32-14-25-29-31-32)27-30-33(15)19-11-12-21-20(13-19)23(35-28-21)16-5-3-2-4-6-16/h2-14H,1H3,(H,26,34). The number of aromatic nitrogens is 8. The average Bonchev–Trinajstić information content (AvgIpc) is 3.65. The van der Waals surface area contributed by atoms with Gasteiger partial charge in [-0.2, -0.15) is 0 Å². The number of fused-ring (bicyclic) bond motifs is 1. The molecule has 6 rings (SSSR count). The molecule has 0 atom stereocenters. The van der Waals surface area contributed by atoms with Crippen LogP contribution in [0.4, 0.5) is 5.69 Å². The number of anilines is 1. The van der Waals surface area contributed by atoms with E-state index < -0.39 is 0 Å². The summed E-state index contributed by atoms with van der Waals surface area (Å²) in [5.41, 5.74) is 4.61. The van der Waals surface area contributed by atoms with Crippen molar-refractivity contribution in [3.8, 4) is 22.7 Å². The lowest BCUT2D eigenvalue weighted by molar-refractivity contribution is 0.102. The van der Waals surface area contributed by atoms with Crippen LogP contribution in [0.15, 0.2) is 83.6 Å². The first-order valence-electron chi connectivity index (χ1n) is 10.7. The first-order valence-corrected chi connectivity index (χ1v) is 10.7. The van der Waals surface area contributed by atoms with Crippen molar-refractivity contribution in [2.45, 2.75) is 6.92 Å². The Kier molecular flexibility index (Phi) is 4.84. The minimum absolute atomic E-state index is 0.225. The lowest BCUT2D eigenvalue weighted by Crippen LogP contribution is -2.14. The van der Waals surface area contributed by atoms with Crippen molar-refractivity contribution in [2.75, 3.05) is 5.32 Å². The number of rotatable bonds is 5. The SMILES string of the molecule is Cc1c(C(=O)Nc2ccc(-n3cnnn3)cc2)nnn1-c1ccc2noc(-c3ccccc3)c2c1. The van der Waals surface area contributed by atoms with E-state index in [2.05, 4.69) is 36.3 Å². The number of benzene rings is 3. The predicted molar refractivity (Wildman–Crippen MR) is 126 cm³/mol. The topological polar surface area (TPSA) is 129 Å². The largest absolute Gasteiger partial charge is 0.355 e. The molecule has 0 spiro atoms. The molecule has 0 aliphatic heterocycles. The third-order valence-electron chi connectivity index (χ3n) is 5.59. The summed E-state index contributed by atoms with van der Waals surface area (Å²) >= 11 is 0. The van der Waals surface area contributed by atoms with Gasteiger partial charge in [-0.25, -0.2) is 9.36 Å². The van der Waals surface area contributed by atoms with Gasteiger partial charge in [0.25, 0.3) is 5.91 Å². The zero-order valence-electron chi connectivity index (χ0n) is 18.4. The third-order valence-corrected chi connectivity index (χ3v) is 5.59. The molecular weight excluding hydrogens is 446 g/mol. The lowest BCUT2D eigenvalue weighted by Gasteiger charge is -2.06. The maximum atomic E-state index is 12.9. The summed E-state index contributed by atoms with van der Waals surface area (Å²) in [6.45, 7) is 1.80. The van der Waals surface area contributed by atoms with Crippen LogP contribution in [0.2, 0.25) is 0 Å². The molecule has 11 heteroatoms. The van der Waals surface area contributed by atoms with Crippen LogP contribution in [0.3, 0.4) is 0 Å². The second kappa shape index (κ2) is 8.30. The van der Waals surface area contributed by atoms with E-state index in [9.17, 15) is 4.79 Å². The molecule has 6 aromatic rings. The van der Waals surface area contributed by atoms with Crippen LogP contribution < -0.4 is 5.32 Å². The average molecular weight is 463 g/mol. The number of hydrogen-bond acceptors (Lipinski definition) is 8. The minimum Gasteiger partial charge on any atom is -0.355 e. The van der Waals surface area contributed by atoms with Crippen LogP contribution in [0, 0.1) is 6.92 Å². The van der Waals surface area contributed by atoms with Gasteiger partial charge >= 0.3 is 0 Å². The molecule has 0 radical (unpaired) electrons. The minimum atomic E-state index is -0.361. The summed E-state index contributed by atoms with van der Waals surface area (Å²) in [5.74, 6) is 0.309. The monoisotopic (exact) mass is 463 g/mol. The molecule has 35 heavy (non-hydrogen) atoms. The highest BCUT2D eigenvalue weighted by molar-refractivity contribution is 6.03. The molecule has 0 unspecified atom stereocenters. The van der Waals surface area contributed by atoms with Crippen molar-refractivity contribution in [3.63, 3.8) is 0 Å². The van der Waals surface area contributed by atoms with Crippen LogP contribution >= 0.6 is 0 Å². The molecule has 170 valence electrons. The van der Waals surface area contributed by atoms with Crippen molar-refractivity contribution in [1.82, 2.24) is 40.4 Å². The maximum absolute atomic E-state index is 12.9. The summed E-state index contributed by atoms with van der Waals surface area (Å²) in [7, 11) is 0. The lowest BCUT2D eigenvalue weighted by atomic mass is 10.1. The Balaban J connectivity index is 1.27. The van der Waals surface area contributed by atoms with Gasteiger partial charge in [-0.05, 0) is 59.8 Å². The van der Waals surface area contributed by atoms with Gasteiger partial charge in [-0.15, -0.1) is 10.2 Å². The van der Waals surface area contributed by atoms with Gasteiger partial charge in [0.05, 0.1) is 22.5 Å². The zero-order valence-corrected chi connectivity index (χ0v) is 18.4. The van der Waals surface area contributed by atoms with E-state index in [0.717, 1.165) is 27.8 Å². The summed E-state index contributed by atoms with van der Waals surface area (Å²) in [5, 5.41) is 27.3. The second-order valence-electron chi connectivity index (χ2n) is 7.77. The van der Waals surface area contributed by atoms with Gasteiger partial charge in [0, 0.05) is 11.3 Å². The molecule has 3 aromatic carbocycles. The Morgan fingerprint density at radius 1 is 0.943 bits per heavy atom. The van der Waals surface area contributed by atoms with Crippen molar-refractivity contribution >= 4 is 22.5 Å². The Morgan fingerprint density at radius 3 is 2.51 bits per heavy atom. The summed E-state index contributed by atoms with van der Waals surface area (Å²) in [4.78, 5) is 12.9. The van der Waals surface area contributed by atoms with E-state index in [0.29, 0.717) is 17.1 Å². The van der Waals surface area contributed by atoms with Crippen LogP contribution in [0.25, 0.3) is 33.6 Å². The number of carbonyl (C=O) groups excluding carboxylic acids is 1. The summed E-state index contributed by atoms with van der Waals surface area (Å²) in [6.07, 6.45) is 1.50. The van der Waals surface area contributed by atoms with Gasteiger partial charge in [0.1, 0.15) is 11.8 Å². The molecule has 11 nitrogen and oxygen atoms in total. The fourth-order valence-electron chi connectivity index (χ4n) is 3.81. The number of hydrogen-bond donors (Lipinski definition) is 1. The highest BCUT2D eigenvalue weighted by atomic mass is 16.5. The van der Waals surface area contributed by atoms with E-state index in [1.54, 1.807) is 35.9 Å². The van der Waals surface area contributed by atoms with Crippen LogP contribution in [-0.2, 0) is 0 Å². The van der Waals surface area contributed by atoms with Crippen LogP contribution in [0.5, 0.6) is 0 Å². The summed E-state index contributed by atoms with van der Waals surface area (Å²) in [6, 6.07) is 22.5. The number of tetrazole rings is 1. The highest BCUT2D eigenvalue weighted by Gasteiger charge is 2.19. The van der Waals surface area contributed by atoms with E-state index >= 15 is 0 Å². The smallest absolute Gasteiger partial charge is 0.278 e. The van der Waals surface area contributed by atoms with Crippen LogP contribution in [0.1, 0.15) is 16.2 Å². The van der Waals surface area contributed by atoms with E-state index in [1.807, 2.05) is 48.5 Å². The van der Waals surface area contributed by atoms with Crippen molar-refractivity contribution in [2.24, 2.45) is 0 Å². The Hall–Kier alpha value is -5.19. The van der Waals surface area contributed by atoms with Gasteiger partial charge in [0.2, 0.25) is 0 Å². The molecule has 1 N–H and O–H groups in total. The van der Waals surface area contributed by atoms with Crippen LogP contribution in [-0.4, -0.2) is 46.3 Å². The maximum Gasteiger partial charge on any atom is 0.278 e. The van der Waals surface area contributed by atoms with Gasteiger partial charge in [-0.3, -0.25) is 4.79 Å². The molecule has 0 saturated carbocycles. The van der Waals surface area contributed by atoms with Crippen molar-refractivity contribution in [3.05, 3.63) is 90.5 Å². The van der Waals surface area contributed by atoms with Crippen molar-refractivity contribution < 1.29 is 9.32 Å². The van der Waals surface area contributed by atoms with E-state index in [1.165, 1.54) is 11.0 Å². The molecule has 0 fully saturated rings. The van der Waals surface area contributed by atoms with E-state index in [4.69, 9.17) is 4.52 Å². The highest BCUT2D eigenvalue weighted by Crippen LogP contribution is 2.30. The second-order valence-corrected chi connectivity index (χ2v) is 7.77. The fraction of sp³-hybridized carbons (Fsp3) is 0.0417. The van der Waals surface area contributed by atoms with Gasteiger partial charge in [0.15, 0.2) is 11.5 Å². The predicted octanol–water partition coefficient (Wildman–Crippen LogP) is 3.61. The van der Waals surface area contributed by atoms with Crippen molar-refractivity contribution in [1.29, 1.82) is 0 Å². The fourth-order valence-corrected chi connectivity index (χ4v) is 3.81. The summed E-state index contributed by atoms with van der Waals surface area (Å²) < 4.78 is 8.74. The molecule has 1 amide bonds. The molecule has 0 saturated heterocycles.